The Bertz CT molecular complexity index is 795. The first-order valence-electron chi connectivity index (χ1n) is 8.67. The monoisotopic (exact) mass is 394 g/mol. The molecule has 2 aromatic rings. The minimum absolute atomic E-state index is 0.0124. The van der Waals surface area contributed by atoms with Crippen molar-refractivity contribution >= 4 is 11.8 Å². The van der Waals surface area contributed by atoms with Gasteiger partial charge < -0.3 is 15.0 Å². The summed E-state index contributed by atoms with van der Waals surface area (Å²) in [5, 5.41) is 2.72. The number of rotatable bonds is 8. The van der Waals surface area contributed by atoms with Gasteiger partial charge in [-0.25, -0.2) is 0 Å². The zero-order valence-electron chi connectivity index (χ0n) is 15.3. The summed E-state index contributed by atoms with van der Waals surface area (Å²) in [7, 11) is 1.51. The maximum absolute atomic E-state index is 12.5. The number of hydrogen-bond acceptors (Lipinski definition) is 3. The average molecular weight is 394 g/mol. The zero-order valence-corrected chi connectivity index (χ0v) is 15.3. The summed E-state index contributed by atoms with van der Waals surface area (Å²) in [6.45, 7) is 0.308. The number of para-hydroxylation sites is 1. The number of benzene rings is 2. The van der Waals surface area contributed by atoms with Crippen LogP contribution in [-0.4, -0.2) is 36.7 Å². The highest BCUT2D eigenvalue weighted by Gasteiger charge is 2.32. The molecule has 2 rings (SSSR count). The van der Waals surface area contributed by atoms with Crippen molar-refractivity contribution in [1.82, 2.24) is 10.2 Å². The molecule has 150 valence electrons. The lowest BCUT2D eigenvalue weighted by atomic mass is 10.1. The normalized spacial score (nSPS) is 11.0. The Morgan fingerprint density at radius 3 is 2.36 bits per heavy atom. The van der Waals surface area contributed by atoms with Crippen molar-refractivity contribution in [1.29, 1.82) is 0 Å². The van der Waals surface area contributed by atoms with Crippen molar-refractivity contribution < 1.29 is 27.5 Å². The van der Waals surface area contributed by atoms with Gasteiger partial charge in [-0.05, 0) is 24.6 Å². The van der Waals surface area contributed by atoms with Gasteiger partial charge in [0, 0.05) is 37.7 Å². The van der Waals surface area contributed by atoms with E-state index in [1.807, 2.05) is 6.07 Å². The number of amides is 2. The van der Waals surface area contributed by atoms with Crippen molar-refractivity contribution in [3.05, 3.63) is 65.7 Å². The molecule has 2 amide bonds. The van der Waals surface area contributed by atoms with E-state index in [2.05, 4.69) is 10.1 Å². The summed E-state index contributed by atoms with van der Waals surface area (Å²) in [4.78, 5) is 25.4. The molecule has 0 aliphatic rings. The van der Waals surface area contributed by atoms with E-state index in [0.717, 1.165) is 0 Å². The molecule has 0 saturated heterocycles. The van der Waals surface area contributed by atoms with Gasteiger partial charge in [-0.2, -0.15) is 0 Å². The summed E-state index contributed by atoms with van der Waals surface area (Å²) >= 11 is 0. The van der Waals surface area contributed by atoms with Gasteiger partial charge in [0.05, 0.1) is 0 Å². The lowest BCUT2D eigenvalue weighted by Gasteiger charge is -2.20. The van der Waals surface area contributed by atoms with E-state index in [4.69, 9.17) is 0 Å². The first kappa shape index (κ1) is 21.3. The summed E-state index contributed by atoms with van der Waals surface area (Å²) in [6.07, 6.45) is -4.22. The Morgan fingerprint density at radius 2 is 1.68 bits per heavy atom. The number of carbonyl (C=O) groups excluding carboxylic acids is 2. The van der Waals surface area contributed by atoms with Crippen LogP contribution in [0, 0.1) is 0 Å². The average Bonchev–Trinajstić information content (AvgIpc) is 2.66. The van der Waals surface area contributed by atoms with Crippen LogP contribution >= 0.6 is 0 Å². The number of ether oxygens (including phenoxy) is 1. The van der Waals surface area contributed by atoms with E-state index < -0.39 is 6.36 Å². The maximum Gasteiger partial charge on any atom is 0.573 e. The van der Waals surface area contributed by atoms with Crippen LogP contribution in [0.15, 0.2) is 54.6 Å². The van der Waals surface area contributed by atoms with E-state index in [9.17, 15) is 22.8 Å². The predicted molar refractivity (Wildman–Crippen MR) is 97.6 cm³/mol. The Hall–Kier alpha value is -3.03. The van der Waals surface area contributed by atoms with Crippen LogP contribution in [-0.2, 0) is 11.3 Å². The summed E-state index contributed by atoms with van der Waals surface area (Å²) in [6, 6.07) is 14.4. The van der Waals surface area contributed by atoms with Crippen LogP contribution in [0.1, 0.15) is 28.8 Å². The second-order valence-electron chi connectivity index (χ2n) is 6.13. The first-order valence-corrected chi connectivity index (χ1v) is 8.67. The molecule has 0 heterocycles. The number of nitrogens with zero attached hydrogens (tertiary/aromatic N) is 1. The Balaban J connectivity index is 1.80. The van der Waals surface area contributed by atoms with Crippen molar-refractivity contribution in [2.24, 2.45) is 0 Å². The lowest BCUT2D eigenvalue weighted by molar-refractivity contribution is -0.275. The molecule has 0 aliphatic carbocycles. The highest BCUT2D eigenvalue weighted by molar-refractivity contribution is 5.94. The molecule has 5 nitrogen and oxygen atoms in total. The summed E-state index contributed by atoms with van der Waals surface area (Å²) < 4.78 is 41.4. The first-order chi connectivity index (χ1) is 13.3. The second kappa shape index (κ2) is 9.77. The number of hydrogen-bond donors (Lipinski definition) is 1. The van der Waals surface area contributed by atoms with Crippen molar-refractivity contribution in [2.45, 2.75) is 25.7 Å². The molecule has 0 spiro atoms. The second-order valence-corrected chi connectivity index (χ2v) is 6.13. The van der Waals surface area contributed by atoms with E-state index in [1.54, 1.807) is 30.3 Å². The smallest absolute Gasteiger partial charge is 0.405 e. The SMILES string of the molecule is CN(Cc1ccccc1OC(F)(F)F)C(=O)CCCNC(=O)c1ccccc1. The van der Waals surface area contributed by atoms with Gasteiger partial charge in [-0.3, -0.25) is 9.59 Å². The molecule has 0 aliphatic heterocycles. The van der Waals surface area contributed by atoms with Crippen LogP contribution in [0.25, 0.3) is 0 Å². The van der Waals surface area contributed by atoms with Gasteiger partial charge in [0.15, 0.2) is 0 Å². The van der Waals surface area contributed by atoms with E-state index in [0.29, 0.717) is 18.5 Å². The third-order valence-corrected chi connectivity index (χ3v) is 3.92. The molecule has 0 radical (unpaired) electrons. The molecule has 0 atom stereocenters. The molecule has 0 unspecified atom stereocenters. The number of halogens is 3. The third kappa shape index (κ3) is 6.94. The molecular weight excluding hydrogens is 373 g/mol. The fourth-order valence-electron chi connectivity index (χ4n) is 2.53. The molecule has 0 aromatic heterocycles. The van der Waals surface area contributed by atoms with Crippen LogP contribution in [0.2, 0.25) is 0 Å². The number of alkyl halides is 3. The molecule has 28 heavy (non-hydrogen) atoms. The number of nitrogens with one attached hydrogen (secondary N) is 1. The van der Waals surface area contributed by atoms with Gasteiger partial charge in [0.1, 0.15) is 5.75 Å². The molecule has 1 N–H and O–H groups in total. The summed E-state index contributed by atoms with van der Waals surface area (Å²) in [5.41, 5.74) is 0.792. The standard InChI is InChI=1S/C20H21F3N2O3/c1-25(14-16-10-5-6-11-17(16)28-20(21,22)23)18(26)12-7-13-24-19(27)15-8-3-2-4-9-15/h2-6,8-11H,7,12-14H2,1H3,(H,24,27). The maximum atomic E-state index is 12.5. The molecule has 8 heteroatoms. The van der Waals surface area contributed by atoms with Crippen molar-refractivity contribution in [3.8, 4) is 5.75 Å². The Labute approximate surface area is 161 Å². The number of carbonyl (C=O) groups is 2. The van der Waals surface area contributed by atoms with Crippen LogP contribution in [0.5, 0.6) is 5.75 Å². The van der Waals surface area contributed by atoms with Gasteiger partial charge in [-0.1, -0.05) is 36.4 Å². The minimum Gasteiger partial charge on any atom is -0.405 e. The van der Waals surface area contributed by atoms with Crippen LogP contribution < -0.4 is 10.1 Å². The molecule has 2 aromatic carbocycles. The van der Waals surface area contributed by atoms with E-state index in [-0.39, 0.29) is 36.1 Å². The fraction of sp³-hybridized carbons (Fsp3) is 0.300. The molecule has 0 fully saturated rings. The van der Waals surface area contributed by atoms with E-state index >= 15 is 0 Å². The quantitative estimate of drug-likeness (QED) is 0.694. The largest absolute Gasteiger partial charge is 0.573 e. The fourth-order valence-corrected chi connectivity index (χ4v) is 2.53. The van der Waals surface area contributed by atoms with Crippen molar-refractivity contribution in [2.75, 3.05) is 13.6 Å². The summed E-state index contributed by atoms with van der Waals surface area (Å²) in [5.74, 6) is -0.792. The van der Waals surface area contributed by atoms with Gasteiger partial charge in [0.25, 0.3) is 5.91 Å². The van der Waals surface area contributed by atoms with Gasteiger partial charge >= 0.3 is 6.36 Å². The third-order valence-electron chi connectivity index (χ3n) is 3.92. The van der Waals surface area contributed by atoms with Gasteiger partial charge in [-0.15, -0.1) is 13.2 Å². The minimum atomic E-state index is -4.80. The highest BCUT2D eigenvalue weighted by Crippen LogP contribution is 2.27. The molecule has 0 saturated carbocycles. The predicted octanol–water partition coefficient (Wildman–Crippen LogP) is 3.75. The lowest BCUT2D eigenvalue weighted by Crippen LogP contribution is -2.29. The zero-order chi connectivity index (χ0) is 20.6. The highest BCUT2D eigenvalue weighted by atomic mass is 19.4. The van der Waals surface area contributed by atoms with Crippen LogP contribution in [0.3, 0.4) is 0 Å². The van der Waals surface area contributed by atoms with E-state index in [1.165, 1.54) is 30.1 Å². The van der Waals surface area contributed by atoms with Crippen molar-refractivity contribution in [3.63, 3.8) is 0 Å². The topological polar surface area (TPSA) is 58.6 Å². The molecular formula is C20H21F3N2O3. The van der Waals surface area contributed by atoms with Crippen LogP contribution in [0.4, 0.5) is 13.2 Å². The Kier molecular flexibility index (Phi) is 7.43. The Morgan fingerprint density at radius 1 is 1.04 bits per heavy atom. The molecule has 0 bridgehead atoms. The van der Waals surface area contributed by atoms with Gasteiger partial charge in [0.2, 0.25) is 5.91 Å².